The fourth-order valence-corrected chi connectivity index (χ4v) is 4.70. The van der Waals surface area contributed by atoms with E-state index in [-0.39, 0.29) is 17.6 Å². The molecule has 3 aliphatic rings. The van der Waals surface area contributed by atoms with Crippen molar-refractivity contribution in [3.8, 4) is 0 Å². The van der Waals surface area contributed by atoms with Gasteiger partial charge in [0.15, 0.2) is 0 Å². The molecule has 3 aliphatic heterocycles. The van der Waals surface area contributed by atoms with Crippen molar-refractivity contribution in [2.75, 3.05) is 20.1 Å². The number of nitrogens with zero attached hydrogens (tertiary/aromatic N) is 3. The van der Waals surface area contributed by atoms with Gasteiger partial charge in [0, 0.05) is 19.4 Å². The van der Waals surface area contributed by atoms with E-state index in [0.29, 0.717) is 18.5 Å². The van der Waals surface area contributed by atoms with Crippen LogP contribution in [0.3, 0.4) is 0 Å². The molecule has 8 heteroatoms. The van der Waals surface area contributed by atoms with Crippen molar-refractivity contribution >= 4 is 5.91 Å². The van der Waals surface area contributed by atoms with Gasteiger partial charge in [-0.25, -0.2) is 9.07 Å². The number of carbonyl (C=O) groups is 1. The van der Waals surface area contributed by atoms with Crippen molar-refractivity contribution in [3.63, 3.8) is 0 Å². The van der Waals surface area contributed by atoms with E-state index in [1.54, 1.807) is 12.1 Å². The number of benzene rings is 1. The van der Waals surface area contributed by atoms with Gasteiger partial charge in [0.1, 0.15) is 24.1 Å². The standard InChI is InChI=1S/C20H27FN6O/c1-22-10-17-11-27(25-24-17)12-18-8-15-6-7-26(18)13-19(15)20(28)23-9-14-2-4-16(21)5-3-14/h2-5,11,15,18-19,22H,6-10,12-13H2,1H3,(H,23,28)/p+2/t15-,18+,19-/m0/s1. The van der Waals surface area contributed by atoms with Crippen LogP contribution in [0.5, 0.6) is 0 Å². The first-order valence-corrected chi connectivity index (χ1v) is 10.2. The highest BCUT2D eigenvalue weighted by Crippen LogP contribution is 2.27. The van der Waals surface area contributed by atoms with Crippen LogP contribution in [0.15, 0.2) is 30.5 Å². The Labute approximate surface area is 164 Å². The van der Waals surface area contributed by atoms with Gasteiger partial charge in [-0.1, -0.05) is 17.3 Å². The average molecular weight is 388 g/mol. The number of aromatic nitrogens is 3. The van der Waals surface area contributed by atoms with E-state index in [9.17, 15) is 9.18 Å². The summed E-state index contributed by atoms with van der Waals surface area (Å²) in [6.07, 6.45) is 4.20. The minimum Gasteiger partial charge on any atom is -0.352 e. The van der Waals surface area contributed by atoms with Crippen LogP contribution in [0.25, 0.3) is 0 Å². The second kappa shape index (κ2) is 8.36. The highest BCUT2D eigenvalue weighted by molar-refractivity contribution is 5.79. The largest absolute Gasteiger partial charge is 0.352 e. The molecule has 2 aromatic rings. The molecular weight excluding hydrogens is 359 g/mol. The van der Waals surface area contributed by atoms with Crippen molar-refractivity contribution in [1.29, 1.82) is 0 Å². The molecule has 150 valence electrons. The van der Waals surface area contributed by atoms with Crippen molar-refractivity contribution in [2.45, 2.75) is 38.5 Å². The monoisotopic (exact) mass is 388 g/mol. The predicted octanol–water partition coefficient (Wildman–Crippen LogP) is -1.28. The van der Waals surface area contributed by atoms with E-state index >= 15 is 0 Å². The first-order valence-electron chi connectivity index (χ1n) is 10.2. The molecule has 3 fully saturated rings. The number of carbonyl (C=O) groups excluding carboxylic acids is 1. The maximum absolute atomic E-state index is 13.0. The summed E-state index contributed by atoms with van der Waals surface area (Å²) in [6.45, 7) is 4.18. The Hall–Kier alpha value is -2.32. The molecule has 4 N–H and O–H groups in total. The second-order valence-corrected chi connectivity index (χ2v) is 8.09. The number of halogens is 1. The zero-order valence-electron chi connectivity index (χ0n) is 16.3. The van der Waals surface area contributed by atoms with Crippen LogP contribution >= 0.6 is 0 Å². The highest BCUT2D eigenvalue weighted by atomic mass is 19.1. The maximum Gasteiger partial charge on any atom is 0.229 e. The van der Waals surface area contributed by atoms with Gasteiger partial charge in [-0.3, -0.25) is 4.79 Å². The second-order valence-electron chi connectivity index (χ2n) is 8.09. The van der Waals surface area contributed by atoms with Crippen LogP contribution in [-0.4, -0.2) is 47.1 Å². The van der Waals surface area contributed by atoms with Crippen LogP contribution in [0.1, 0.15) is 24.1 Å². The quantitative estimate of drug-likeness (QED) is 0.553. The van der Waals surface area contributed by atoms with Crippen LogP contribution < -0.4 is 15.5 Å². The minimum atomic E-state index is -0.255. The fourth-order valence-electron chi connectivity index (χ4n) is 4.70. The molecule has 7 nitrogen and oxygen atoms in total. The van der Waals surface area contributed by atoms with E-state index in [0.717, 1.165) is 50.3 Å². The molecule has 3 saturated heterocycles. The van der Waals surface area contributed by atoms with E-state index in [4.69, 9.17) is 0 Å². The number of hydrogen-bond donors (Lipinski definition) is 3. The molecule has 0 spiro atoms. The summed E-state index contributed by atoms with van der Waals surface area (Å²) in [5, 5.41) is 13.6. The Balaban J connectivity index is 1.31. The molecule has 0 radical (unpaired) electrons. The lowest BCUT2D eigenvalue weighted by molar-refractivity contribution is -0.945. The van der Waals surface area contributed by atoms with Crippen molar-refractivity contribution in [3.05, 3.63) is 47.5 Å². The lowest BCUT2D eigenvalue weighted by Crippen LogP contribution is -3.20. The number of piperidine rings is 3. The molecule has 2 bridgehead atoms. The Morgan fingerprint density at radius 3 is 2.93 bits per heavy atom. The molecule has 4 heterocycles. The highest BCUT2D eigenvalue weighted by Gasteiger charge is 2.46. The van der Waals surface area contributed by atoms with Gasteiger partial charge >= 0.3 is 0 Å². The number of rotatable bonds is 7. The first kappa shape index (κ1) is 19.0. The Bertz CT molecular complexity index is 807. The van der Waals surface area contributed by atoms with Crippen LogP contribution in [0.4, 0.5) is 4.39 Å². The summed E-state index contributed by atoms with van der Waals surface area (Å²) in [5.74, 6) is 0.380. The summed E-state index contributed by atoms with van der Waals surface area (Å²) in [5.41, 5.74) is 1.93. The van der Waals surface area contributed by atoms with Gasteiger partial charge < -0.3 is 15.5 Å². The van der Waals surface area contributed by atoms with E-state index in [1.807, 2.05) is 17.9 Å². The Morgan fingerprint density at radius 2 is 2.21 bits per heavy atom. The van der Waals surface area contributed by atoms with Crippen molar-refractivity contribution in [1.82, 2.24) is 20.3 Å². The van der Waals surface area contributed by atoms with Gasteiger partial charge in [0.2, 0.25) is 5.91 Å². The first-order chi connectivity index (χ1) is 13.6. The van der Waals surface area contributed by atoms with E-state index in [1.165, 1.54) is 17.0 Å². The van der Waals surface area contributed by atoms with Crippen LogP contribution in [-0.2, 0) is 24.4 Å². The number of hydrogen-bond acceptors (Lipinski definition) is 3. The van der Waals surface area contributed by atoms with Crippen molar-refractivity contribution in [2.24, 2.45) is 11.8 Å². The smallest absolute Gasteiger partial charge is 0.229 e. The lowest BCUT2D eigenvalue weighted by Gasteiger charge is -2.46. The number of nitrogens with one attached hydrogen (secondary N) is 2. The van der Waals surface area contributed by atoms with Crippen LogP contribution in [0, 0.1) is 17.7 Å². The number of quaternary nitrogens is 2. The molecule has 1 unspecified atom stereocenters. The summed E-state index contributed by atoms with van der Waals surface area (Å²) in [6, 6.07) is 6.80. The van der Waals surface area contributed by atoms with Crippen molar-refractivity contribution < 1.29 is 19.4 Å². The molecule has 0 aliphatic carbocycles. The van der Waals surface area contributed by atoms with E-state index in [2.05, 4.69) is 20.9 Å². The molecule has 1 amide bonds. The molecule has 1 aromatic carbocycles. The molecule has 5 rings (SSSR count). The Morgan fingerprint density at radius 1 is 1.39 bits per heavy atom. The molecule has 0 saturated carbocycles. The minimum absolute atomic E-state index is 0.0708. The third kappa shape index (κ3) is 4.23. The number of fused-ring (bicyclic) bond motifs is 3. The van der Waals surface area contributed by atoms with Crippen LogP contribution in [0.2, 0.25) is 0 Å². The summed E-state index contributed by atoms with van der Waals surface area (Å²) >= 11 is 0. The lowest BCUT2D eigenvalue weighted by atomic mass is 9.75. The third-order valence-corrected chi connectivity index (χ3v) is 6.18. The molecule has 1 aromatic heterocycles. The SMILES string of the molecule is C[NH2+]Cc1cn(C[C@H]2C[C@@H]3CC[NH+]2C[C@@H]3C(=O)NCc2ccc(F)cc2)nn1. The summed E-state index contributed by atoms with van der Waals surface area (Å²) in [4.78, 5) is 14.2. The Kier molecular flexibility index (Phi) is 5.68. The van der Waals surface area contributed by atoms with Gasteiger partial charge in [-0.15, -0.1) is 5.10 Å². The van der Waals surface area contributed by atoms with Gasteiger partial charge in [0.25, 0.3) is 0 Å². The molecule has 4 atom stereocenters. The average Bonchev–Trinajstić information content (AvgIpc) is 3.15. The number of amides is 1. The normalized spacial score (nSPS) is 26.4. The number of nitrogens with two attached hydrogens (primary N) is 1. The third-order valence-electron chi connectivity index (χ3n) is 6.18. The zero-order valence-corrected chi connectivity index (χ0v) is 16.3. The molecular formula is C20H29FN6O+2. The van der Waals surface area contributed by atoms with E-state index < -0.39 is 0 Å². The summed E-state index contributed by atoms with van der Waals surface area (Å²) in [7, 11) is 2.02. The predicted molar refractivity (Wildman–Crippen MR) is 101 cm³/mol. The zero-order chi connectivity index (χ0) is 19.5. The van der Waals surface area contributed by atoms with Gasteiger partial charge in [-0.05, 0) is 23.6 Å². The topological polar surface area (TPSA) is 80.9 Å². The van der Waals surface area contributed by atoms with Gasteiger partial charge in [0.05, 0.1) is 38.8 Å². The molecule has 28 heavy (non-hydrogen) atoms. The van der Waals surface area contributed by atoms with Gasteiger partial charge in [-0.2, -0.15) is 0 Å². The fraction of sp³-hybridized carbons (Fsp3) is 0.550. The maximum atomic E-state index is 13.0. The summed E-state index contributed by atoms with van der Waals surface area (Å²) < 4.78 is 15.0.